The second-order valence-electron chi connectivity index (χ2n) is 5.27. The summed E-state index contributed by atoms with van der Waals surface area (Å²) in [7, 11) is 0. The fraction of sp³-hybridized carbons (Fsp3) is 0.615. The molecule has 0 atom stereocenters. The molecule has 1 aromatic heterocycles. The van der Waals surface area contributed by atoms with Crippen molar-refractivity contribution in [3.63, 3.8) is 0 Å². The van der Waals surface area contributed by atoms with Gasteiger partial charge in [-0.05, 0) is 52.3 Å². The van der Waals surface area contributed by atoms with Gasteiger partial charge in [0.15, 0.2) is 0 Å². The molecular weight excluding hydrogens is 200 g/mol. The van der Waals surface area contributed by atoms with E-state index in [1.54, 1.807) is 10.6 Å². The van der Waals surface area contributed by atoms with E-state index in [9.17, 15) is 4.79 Å². The Morgan fingerprint density at radius 2 is 2.06 bits per heavy atom. The maximum absolute atomic E-state index is 11.6. The zero-order valence-corrected chi connectivity index (χ0v) is 10.7. The molecule has 0 fully saturated rings. The van der Waals surface area contributed by atoms with Gasteiger partial charge in [-0.15, -0.1) is 0 Å². The second kappa shape index (κ2) is 5.30. The highest BCUT2D eigenvalue weighted by Gasteiger charge is 2.07. The molecule has 0 spiro atoms. The van der Waals surface area contributed by atoms with Gasteiger partial charge in [-0.25, -0.2) is 0 Å². The number of aromatic nitrogens is 1. The molecule has 0 amide bonds. The molecule has 90 valence electrons. The highest BCUT2D eigenvalue weighted by atomic mass is 16.1. The summed E-state index contributed by atoms with van der Waals surface area (Å²) in [6, 6.07) is 3.65. The topological polar surface area (TPSA) is 34.0 Å². The largest absolute Gasteiger partial charge is 0.315 e. The van der Waals surface area contributed by atoms with E-state index < -0.39 is 0 Å². The number of nitrogens with zero attached hydrogens (tertiary/aromatic N) is 1. The Bertz CT molecular complexity index is 388. The van der Waals surface area contributed by atoms with Gasteiger partial charge in [0.05, 0.1) is 0 Å². The van der Waals surface area contributed by atoms with Crippen molar-refractivity contribution in [2.45, 2.75) is 46.2 Å². The normalized spacial score (nSPS) is 11.8. The molecule has 16 heavy (non-hydrogen) atoms. The Balaban J connectivity index is 2.41. The molecule has 3 nitrogen and oxygen atoms in total. The van der Waals surface area contributed by atoms with Crippen molar-refractivity contribution in [1.29, 1.82) is 0 Å². The third-order valence-corrected chi connectivity index (χ3v) is 2.38. The number of pyridine rings is 1. The van der Waals surface area contributed by atoms with Crippen LogP contribution < -0.4 is 10.9 Å². The number of hydrogen-bond acceptors (Lipinski definition) is 2. The minimum absolute atomic E-state index is 0.0933. The number of nitrogens with one attached hydrogen (secondary N) is 1. The van der Waals surface area contributed by atoms with Crippen LogP contribution in [-0.2, 0) is 6.54 Å². The van der Waals surface area contributed by atoms with E-state index in [4.69, 9.17) is 0 Å². The number of aryl methyl sites for hydroxylation is 2. The van der Waals surface area contributed by atoms with Crippen LogP contribution in [0.4, 0.5) is 0 Å². The van der Waals surface area contributed by atoms with Gasteiger partial charge in [0, 0.05) is 24.3 Å². The summed E-state index contributed by atoms with van der Waals surface area (Å²) >= 11 is 0. The SMILES string of the molecule is Cc1ccn(CCCNC(C)(C)C)c(=O)c1. The quantitative estimate of drug-likeness (QED) is 0.790. The fourth-order valence-electron chi connectivity index (χ4n) is 1.50. The summed E-state index contributed by atoms with van der Waals surface area (Å²) in [6.07, 6.45) is 2.84. The molecule has 0 bridgehead atoms. The summed E-state index contributed by atoms with van der Waals surface area (Å²) in [6.45, 7) is 10.1. The molecule has 1 rings (SSSR count). The first kappa shape index (κ1) is 13.0. The van der Waals surface area contributed by atoms with Crippen LogP contribution >= 0.6 is 0 Å². The molecule has 1 heterocycles. The van der Waals surface area contributed by atoms with Gasteiger partial charge < -0.3 is 9.88 Å². The first-order valence-corrected chi connectivity index (χ1v) is 5.81. The van der Waals surface area contributed by atoms with Crippen molar-refractivity contribution in [3.05, 3.63) is 34.2 Å². The van der Waals surface area contributed by atoms with E-state index in [1.807, 2.05) is 19.2 Å². The minimum atomic E-state index is 0.0933. The van der Waals surface area contributed by atoms with Crippen molar-refractivity contribution in [2.24, 2.45) is 0 Å². The molecule has 0 aliphatic carbocycles. The summed E-state index contributed by atoms with van der Waals surface area (Å²) in [5.41, 5.74) is 1.27. The van der Waals surface area contributed by atoms with Gasteiger partial charge in [-0.3, -0.25) is 4.79 Å². The van der Waals surface area contributed by atoms with Crippen molar-refractivity contribution in [1.82, 2.24) is 9.88 Å². The predicted octanol–water partition coefficient (Wildman–Crippen LogP) is 1.93. The third-order valence-electron chi connectivity index (χ3n) is 2.38. The standard InChI is InChI=1S/C13H22N2O/c1-11-6-9-15(12(16)10-11)8-5-7-14-13(2,3)4/h6,9-10,14H,5,7-8H2,1-4H3. The van der Waals surface area contributed by atoms with Crippen LogP contribution in [0.25, 0.3) is 0 Å². The lowest BCUT2D eigenvalue weighted by molar-refractivity contribution is 0.412. The number of rotatable bonds is 4. The Labute approximate surface area is 97.5 Å². The zero-order valence-electron chi connectivity index (χ0n) is 10.7. The molecule has 0 aromatic carbocycles. The zero-order chi connectivity index (χ0) is 12.2. The monoisotopic (exact) mass is 222 g/mol. The summed E-state index contributed by atoms with van der Waals surface area (Å²) < 4.78 is 1.76. The molecule has 0 radical (unpaired) electrons. The Hall–Kier alpha value is -1.09. The highest BCUT2D eigenvalue weighted by Crippen LogP contribution is 1.98. The Morgan fingerprint density at radius 3 is 2.62 bits per heavy atom. The van der Waals surface area contributed by atoms with Crippen LogP contribution in [0.5, 0.6) is 0 Å². The maximum Gasteiger partial charge on any atom is 0.250 e. The van der Waals surface area contributed by atoms with Crippen molar-refractivity contribution >= 4 is 0 Å². The average Bonchev–Trinajstić information content (AvgIpc) is 2.13. The highest BCUT2D eigenvalue weighted by molar-refractivity contribution is 5.07. The third kappa shape index (κ3) is 4.62. The molecule has 0 saturated carbocycles. The molecule has 0 saturated heterocycles. The smallest absolute Gasteiger partial charge is 0.250 e. The molecule has 0 aliphatic rings. The first-order valence-electron chi connectivity index (χ1n) is 5.81. The lowest BCUT2D eigenvalue weighted by Gasteiger charge is -2.20. The van der Waals surface area contributed by atoms with Gasteiger partial charge in [0.2, 0.25) is 0 Å². The van der Waals surface area contributed by atoms with Crippen LogP contribution in [0.15, 0.2) is 23.1 Å². The molecule has 3 heteroatoms. The lowest BCUT2D eigenvalue weighted by Crippen LogP contribution is -2.37. The van der Waals surface area contributed by atoms with E-state index in [1.165, 1.54) is 0 Å². The van der Waals surface area contributed by atoms with E-state index in [0.717, 1.165) is 25.1 Å². The minimum Gasteiger partial charge on any atom is -0.315 e. The van der Waals surface area contributed by atoms with Crippen LogP contribution in [0.2, 0.25) is 0 Å². The van der Waals surface area contributed by atoms with E-state index in [-0.39, 0.29) is 11.1 Å². The predicted molar refractivity (Wildman–Crippen MR) is 67.8 cm³/mol. The van der Waals surface area contributed by atoms with Gasteiger partial charge in [-0.2, -0.15) is 0 Å². The van der Waals surface area contributed by atoms with Crippen LogP contribution in [-0.4, -0.2) is 16.7 Å². The molecule has 0 aliphatic heterocycles. The maximum atomic E-state index is 11.6. The fourth-order valence-corrected chi connectivity index (χ4v) is 1.50. The van der Waals surface area contributed by atoms with Gasteiger partial charge in [0.1, 0.15) is 0 Å². The first-order chi connectivity index (χ1) is 7.38. The van der Waals surface area contributed by atoms with Crippen molar-refractivity contribution in [2.75, 3.05) is 6.54 Å². The van der Waals surface area contributed by atoms with Gasteiger partial charge in [0.25, 0.3) is 5.56 Å². The van der Waals surface area contributed by atoms with Gasteiger partial charge in [-0.1, -0.05) is 0 Å². The van der Waals surface area contributed by atoms with Crippen molar-refractivity contribution in [3.8, 4) is 0 Å². The van der Waals surface area contributed by atoms with E-state index in [0.29, 0.717) is 0 Å². The van der Waals surface area contributed by atoms with Gasteiger partial charge >= 0.3 is 0 Å². The molecule has 1 N–H and O–H groups in total. The summed E-state index contributed by atoms with van der Waals surface area (Å²) in [5.74, 6) is 0. The van der Waals surface area contributed by atoms with Crippen LogP contribution in [0, 0.1) is 6.92 Å². The summed E-state index contributed by atoms with van der Waals surface area (Å²) in [4.78, 5) is 11.6. The number of hydrogen-bond donors (Lipinski definition) is 1. The Kier molecular flexibility index (Phi) is 4.30. The lowest BCUT2D eigenvalue weighted by atomic mass is 10.1. The second-order valence-corrected chi connectivity index (χ2v) is 5.27. The van der Waals surface area contributed by atoms with Crippen molar-refractivity contribution < 1.29 is 0 Å². The molecular formula is C13H22N2O. The average molecular weight is 222 g/mol. The van der Waals surface area contributed by atoms with Crippen LogP contribution in [0.3, 0.4) is 0 Å². The molecule has 1 aromatic rings. The van der Waals surface area contributed by atoms with E-state index >= 15 is 0 Å². The van der Waals surface area contributed by atoms with E-state index in [2.05, 4.69) is 26.1 Å². The molecule has 0 unspecified atom stereocenters. The van der Waals surface area contributed by atoms with Crippen LogP contribution in [0.1, 0.15) is 32.8 Å². The Morgan fingerprint density at radius 1 is 1.38 bits per heavy atom. The summed E-state index contributed by atoms with van der Waals surface area (Å²) in [5, 5.41) is 3.41.